The molecule has 0 aliphatic heterocycles. The van der Waals surface area contributed by atoms with Crippen molar-refractivity contribution in [2.45, 2.75) is 52.3 Å². The number of rotatable bonds is 6. The van der Waals surface area contributed by atoms with Crippen molar-refractivity contribution in [1.29, 1.82) is 0 Å². The average molecular weight is 502 g/mol. The zero-order chi connectivity index (χ0) is 26.3. The molecule has 0 saturated heterocycles. The maximum absolute atomic E-state index is 12.7. The molecule has 2 aromatic heterocycles. The molecule has 1 aliphatic rings. The monoisotopic (exact) mass is 501 g/mol. The van der Waals surface area contributed by atoms with Gasteiger partial charge in [0.2, 0.25) is 11.8 Å². The highest BCUT2D eigenvalue weighted by Gasteiger charge is 2.58. The summed E-state index contributed by atoms with van der Waals surface area (Å²) in [6.07, 6.45) is -3.08. The second-order valence-corrected chi connectivity index (χ2v) is 9.91. The lowest BCUT2D eigenvalue weighted by atomic mass is 9.97. The Kier molecular flexibility index (Phi) is 6.59. The summed E-state index contributed by atoms with van der Waals surface area (Å²) in [5.74, 6) is -3.26. The first kappa shape index (κ1) is 25.3. The standard InChI is InChI=1S/C25H26F3N5O3/c1-13-9-14(5-6-16(13)12-30-22(35)20-32-23(36-33-20)24(2,3)4)15-7-8-29-19(10-15)31-21(34)17-11-18(17)25(26,27)28/h5-10,17-18H,11-12H2,1-4H3,(H,30,35)(H,29,31,34)/t17-,18-/m1/s1. The summed E-state index contributed by atoms with van der Waals surface area (Å²) >= 11 is 0. The lowest BCUT2D eigenvalue weighted by molar-refractivity contribution is -0.153. The van der Waals surface area contributed by atoms with E-state index < -0.39 is 29.8 Å². The van der Waals surface area contributed by atoms with Gasteiger partial charge in [-0.1, -0.05) is 44.1 Å². The Morgan fingerprint density at radius 1 is 1.11 bits per heavy atom. The van der Waals surface area contributed by atoms with E-state index in [-0.39, 0.29) is 30.0 Å². The molecule has 1 aliphatic carbocycles. The number of hydrogen-bond donors (Lipinski definition) is 2. The van der Waals surface area contributed by atoms with E-state index in [1.54, 1.807) is 12.1 Å². The summed E-state index contributed by atoms with van der Waals surface area (Å²) < 4.78 is 43.4. The molecule has 1 saturated carbocycles. The maximum Gasteiger partial charge on any atom is 0.392 e. The van der Waals surface area contributed by atoms with Crippen LogP contribution < -0.4 is 10.6 Å². The van der Waals surface area contributed by atoms with Crippen molar-refractivity contribution < 1.29 is 27.3 Å². The van der Waals surface area contributed by atoms with Crippen molar-refractivity contribution >= 4 is 17.6 Å². The van der Waals surface area contributed by atoms with Gasteiger partial charge in [0.25, 0.3) is 11.7 Å². The van der Waals surface area contributed by atoms with Crippen LogP contribution in [0.2, 0.25) is 0 Å². The number of nitrogens with zero attached hydrogens (tertiary/aromatic N) is 3. The Labute approximate surface area is 205 Å². The van der Waals surface area contributed by atoms with Gasteiger partial charge in [0.05, 0.1) is 11.8 Å². The number of benzene rings is 1. The molecule has 0 unspecified atom stereocenters. The van der Waals surface area contributed by atoms with Crippen molar-refractivity contribution in [3.8, 4) is 11.1 Å². The highest BCUT2D eigenvalue weighted by Crippen LogP contribution is 2.50. The number of nitrogens with one attached hydrogen (secondary N) is 2. The van der Waals surface area contributed by atoms with Gasteiger partial charge in [-0.05, 0) is 47.7 Å². The number of hydrogen-bond acceptors (Lipinski definition) is 6. The largest absolute Gasteiger partial charge is 0.392 e. The van der Waals surface area contributed by atoms with Crippen molar-refractivity contribution in [2.75, 3.05) is 5.32 Å². The van der Waals surface area contributed by atoms with Gasteiger partial charge in [0, 0.05) is 18.2 Å². The third-order valence-corrected chi connectivity index (χ3v) is 5.94. The second kappa shape index (κ2) is 9.36. The lowest BCUT2D eigenvalue weighted by Gasteiger charge is -2.11. The summed E-state index contributed by atoms with van der Waals surface area (Å²) in [5.41, 5.74) is 2.99. The topological polar surface area (TPSA) is 110 Å². The molecule has 0 radical (unpaired) electrons. The van der Waals surface area contributed by atoms with Crippen LogP contribution in [0.1, 0.15) is 54.8 Å². The molecule has 2 heterocycles. The first-order valence-electron chi connectivity index (χ1n) is 11.4. The minimum absolute atomic E-state index is 0.0340. The zero-order valence-electron chi connectivity index (χ0n) is 20.2. The van der Waals surface area contributed by atoms with E-state index in [9.17, 15) is 22.8 Å². The van der Waals surface area contributed by atoms with Crippen LogP contribution in [0.4, 0.5) is 19.0 Å². The van der Waals surface area contributed by atoms with Crippen molar-refractivity contribution in [1.82, 2.24) is 20.4 Å². The van der Waals surface area contributed by atoms with E-state index >= 15 is 0 Å². The quantitative estimate of drug-likeness (QED) is 0.502. The minimum Gasteiger partial charge on any atom is -0.345 e. The Hall–Kier alpha value is -3.76. The van der Waals surface area contributed by atoms with Crippen LogP contribution in [0.25, 0.3) is 11.1 Å². The van der Waals surface area contributed by atoms with Crippen molar-refractivity contribution in [2.24, 2.45) is 11.8 Å². The molecule has 11 heteroatoms. The van der Waals surface area contributed by atoms with Crippen LogP contribution in [0, 0.1) is 18.8 Å². The van der Waals surface area contributed by atoms with E-state index in [2.05, 4.69) is 25.8 Å². The fraction of sp³-hybridized carbons (Fsp3) is 0.400. The van der Waals surface area contributed by atoms with Gasteiger partial charge < -0.3 is 15.2 Å². The van der Waals surface area contributed by atoms with E-state index in [1.807, 2.05) is 45.9 Å². The maximum atomic E-state index is 12.7. The Morgan fingerprint density at radius 2 is 1.83 bits per heavy atom. The number of carbonyl (C=O) groups excluding carboxylic acids is 2. The predicted molar refractivity (Wildman–Crippen MR) is 125 cm³/mol. The SMILES string of the molecule is Cc1cc(-c2ccnc(NC(=O)[C@@H]3C[C@H]3C(F)(F)F)c2)ccc1CNC(=O)c1noc(C(C)(C)C)n1. The molecule has 2 N–H and O–H groups in total. The van der Waals surface area contributed by atoms with Gasteiger partial charge >= 0.3 is 6.18 Å². The summed E-state index contributed by atoms with van der Waals surface area (Å²) in [6.45, 7) is 7.87. The summed E-state index contributed by atoms with van der Waals surface area (Å²) in [4.78, 5) is 32.8. The van der Waals surface area contributed by atoms with Gasteiger partial charge in [0.1, 0.15) is 5.82 Å². The van der Waals surface area contributed by atoms with Gasteiger partial charge in [0.15, 0.2) is 0 Å². The molecule has 2 atom stereocenters. The number of carbonyl (C=O) groups is 2. The molecule has 1 aromatic carbocycles. The Morgan fingerprint density at radius 3 is 2.44 bits per heavy atom. The molecule has 1 fully saturated rings. The molecular weight excluding hydrogens is 475 g/mol. The molecule has 8 nitrogen and oxygen atoms in total. The third-order valence-electron chi connectivity index (χ3n) is 5.94. The molecule has 4 rings (SSSR count). The van der Waals surface area contributed by atoms with Gasteiger partial charge in [-0.3, -0.25) is 9.59 Å². The smallest absolute Gasteiger partial charge is 0.345 e. The van der Waals surface area contributed by atoms with Crippen LogP contribution in [0.15, 0.2) is 41.1 Å². The number of anilines is 1. The first-order valence-corrected chi connectivity index (χ1v) is 11.4. The highest BCUT2D eigenvalue weighted by atomic mass is 19.4. The molecular formula is C25H26F3N5O3. The third kappa shape index (κ3) is 5.72. The number of halogens is 3. The van der Waals surface area contributed by atoms with E-state index in [0.717, 1.165) is 22.3 Å². The second-order valence-electron chi connectivity index (χ2n) is 9.91. The number of aromatic nitrogens is 3. The van der Waals surface area contributed by atoms with E-state index in [1.165, 1.54) is 6.20 Å². The van der Waals surface area contributed by atoms with Crippen LogP contribution >= 0.6 is 0 Å². The minimum atomic E-state index is -4.36. The van der Waals surface area contributed by atoms with Gasteiger partial charge in [-0.25, -0.2) is 4.98 Å². The Bertz CT molecular complexity index is 1300. The Balaban J connectivity index is 1.39. The number of amides is 2. The molecule has 0 bridgehead atoms. The lowest BCUT2D eigenvalue weighted by Crippen LogP contribution is -2.24. The fourth-order valence-electron chi connectivity index (χ4n) is 3.69. The van der Waals surface area contributed by atoms with Crippen molar-refractivity contribution in [3.63, 3.8) is 0 Å². The predicted octanol–water partition coefficient (Wildman–Crippen LogP) is 4.80. The molecule has 36 heavy (non-hydrogen) atoms. The molecule has 0 spiro atoms. The highest BCUT2D eigenvalue weighted by molar-refractivity contribution is 5.94. The average Bonchev–Trinajstić information content (AvgIpc) is 3.47. The molecule has 3 aromatic rings. The first-order chi connectivity index (χ1) is 16.8. The summed E-state index contributed by atoms with van der Waals surface area (Å²) in [7, 11) is 0. The van der Waals surface area contributed by atoms with Crippen molar-refractivity contribution in [3.05, 3.63) is 59.4 Å². The van der Waals surface area contributed by atoms with Crippen LogP contribution in [-0.4, -0.2) is 33.1 Å². The normalized spacial score (nSPS) is 17.5. The number of alkyl halides is 3. The number of aryl methyl sites for hydroxylation is 1. The van der Waals surface area contributed by atoms with Gasteiger partial charge in [-0.2, -0.15) is 18.2 Å². The summed E-state index contributed by atoms with van der Waals surface area (Å²) in [5, 5.41) is 9.00. The molecule has 190 valence electrons. The van der Waals surface area contributed by atoms with E-state index in [0.29, 0.717) is 5.89 Å². The van der Waals surface area contributed by atoms with Crippen LogP contribution in [-0.2, 0) is 16.8 Å². The number of pyridine rings is 1. The van der Waals surface area contributed by atoms with E-state index in [4.69, 9.17) is 4.52 Å². The van der Waals surface area contributed by atoms with Crippen LogP contribution in [0.3, 0.4) is 0 Å². The zero-order valence-corrected chi connectivity index (χ0v) is 20.2. The fourth-order valence-corrected chi connectivity index (χ4v) is 3.69. The van der Waals surface area contributed by atoms with Gasteiger partial charge in [-0.15, -0.1) is 0 Å². The van der Waals surface area contributed by atoms with Crippen LogP contribution in [0.5, 0.6) is 0 Å². The molecule has 2 amide bonds. The summed E-state index contributed by atoms with van der Waals surface area (Å²) in [6, 6.07) is 8.97.